The molecule has 0 saturated heterocycles. The molecule has 6 nitrogen and oxygen atoms in total. The van der Waals surface area contributed by atoms with Gasteiger partial charge >= 0.3 is 5.97 Å². The highest BCUT2D eigenvalue weighted by Gasteiger charge is 2.36. The maximum absolute atomic E-state index is 12.9. The van der Waals surface area contributed by atoms with E-state index in [1.807, 2.05) is 18.2 Å². The molecule has 1 aliphatic heterocycles. The molecule has 0 radical (unpaired) electrons. The molecular formula is C20H14N2O4S. The van der Waals surface area contributed by atoms with Gasteiger partial charge in [0.15, 0.2) is 0 Å². The molecule has 1 heterocycles. The van der Waals surface area contributed by atoms with Crippen molar-refractivity contribution in [1.29, 1.82) is 5.26 Å². The van der Waals surface area contributed by atoms with Crippen LogP contribution >= 0.6 is 0 Å². The molecule has 0 unspecified atom stereocenters. The molecule has 0 aromatic heterocycles. The van der Waals surface area contributed by atoms with Crippen molar-refractivity contribution < 1.29 is 17.9 Å². The van der Waals surface area contributed by atoms with E-state index in [4.69, 9.17) is 10.00 Å². The van der Waals surface area contributed by atoms with E-state index in [-0.39, 0.29) is 11.5 Å². The van der Waals surface area contributed by atoms with E-state index < -0.39 is 22.5 Å². The number of benzene rings is 3. The zero-order chi connectivity index (χ0) is 19.0. The van der Waals surface area contributed by atoms with Crippen molar-refractivity contribution in [1.82, 2.24) is 0 Å². The Hall–Kier alpha value is -3.37. The second kappa shape index (κ2) is 6.41. The van der Waals surface area contributed by atoms with Crippen LogP contribution in [0.1, 0.15) is 11.1 Å². The Labute approximate surface area is 156 Å². The summed E-state index contributed by atoms with van der Waals surface area (Å²) in [6.07, 6.45) is 0. The van der Waals surface area contributed by atoms with E-state index >= 15 is 0 Å². The Balaban J connectivity index is 1.58. The normalized spacial score (nSPS) is 14.1. The van der Waals surface area contributed by atoms with Crippen molar-refractivity contribution in [2.45, 2.75) is 11.5 Å². The van der Waals surface area contributed by atoms with E-state index in [1.54, 1.807) is 42.5 Å². The van der Waals surface area contributed by atoms with Gasteiger partial charge in [-0.2, -0.15) is 5.26 Å². The number of hydrogen-bond donors (Lipinski definition) is 0. The molecule has 134 valence electrons. The Kier molecular flexibility index (Phi) is 4.05. The van der Waals surface area contributed by atoms with Gasteiger partial charge in [0.25, 0.3) is 10.0 Å². The minimum Gasteiger partial charge on any atom is -0.459 e. The number of rotatable bonds is 4. The van der Waals surface area contributed by atoms with Crippen molar-refractivity contribution in [3.63, 3.8) is 0 Å². The Morgan fingerprint density at radius 3 is 2.56 bits per heavy atom. The van der Waals surface area contributed by atoms with Crippen LogP contribution in [0.3, 0.4) is 0 Å². The van der Waals surface area contributed by atoms with Crippen LogP contribution in [0.4, 0.5) is 5.69 Å². The van der Waals surface area contributed by atoms with E-state index in [0.29, 0.717) is 22.2 Å². The molecule has 0 amide bonds. The lowest BCUT2D eigenvalue weighted by Crippen LogP contribution is -2.33. The molecule has 3 aromatic carbocycles. The average molecular weight is 378 g/mol. The number of nitriles is 1. The number of hydrogen-bond acceptors (Lipinski definition) is 5. The molecule has 0 saturated carbocycles. The Morgan fingerprint density at radius 2 is 1.78 bits per heavy atom. The highest BCUT2D eigenvalue weighted by molar-refractivity contribution is 7.93. The van der Waals surface area contributed by atoms with Crippen LogP contribution in [-0.4, -0.2) is 20.9 Å². The predicted molar refractivity (Wildman–Crippen MR) is 99.4 cm³/mol. The summed E-state index contributed by atoms with van der Waals surface area (Å²) in [5.41, 5.74) is 1.46. The number of anilines is 1. The molecule has 0 fully saturated rings. The second-order valence-electron chi connectivity index (χ2n) is 6.07. The third-order valence-corrected chi connectivity index (χ3v) is 6.28. The topological polar surface area (TPSA) is 87.5 Å². The summed E-state index contributed by atoms with van der Waals surface area (Å²) in [6, 6.07) is 19.1. The summed E-state index contributed by atoms with van der Waals surface area (Å²) in [7, 11) is -3.81. The first-order chi connectivity index (χ1) is 13.0. The lowest BCUT2D eigenvalue weighted by atomic mass is 10.1. The summed E-state index contributed by atoms with van der Waals surface area (Å²) < 4.78 is 32.0. The predicted octanol–water partition coefficient (Wildman–Crippen LogP) is 2.96. The molecule has 0 bridgehead atoms. The van der Waals surface area contributed by atoms with Crippen molar-refractivity contribution in [3.05, 3.63) is 71.8 Å². The average Bonchev–Trinajstić information content (AvgIpc) is 2.90. The van der Waals surface area contributed by atoms with Gasteiger partial charge in [-0.3, -0.25) is 9.10 Å². The minimum atomic E-state index is -3.81. The maximum Gasteiger partial charge on any atom is 0.327 e. The standard InChI is InChI=1S/C20H14N2O4S/c21-11-15-5-1-2-6-16(15)13-26-19(23)12-22-17-9-3-7-14-8-4-10-18(20(14)17)27(22,24)25/h1-10H,12-13H2. The third-order valence-electron chi connectivity index (χ3n) is 4.48. The van der Waals surface area contributed by atoms with Crippen molar-refractivity contribution >= 4 is 32.5 Å². The van der Waals surface area contributed by atoms with E-state index in [1.165, 1.54) is 6.07 Å². The summed E-state index contributed by atoms with van der Waals surface area (Å²) in [6.45, 7) is -0.515. The van der Waals surface area contributed by atoms with Gasteiger partial charge in [-0.15, -0.1) is 0 Å². The summed E-state index contributed by atoms with van der Waals surface area (Å²) >= 11 is 0. The molecular weight excluding hydrogens is 364 g/mol. The number of carbonyl (C=O) groups excluding carboxylic acids is 1. The molecule has 0 N–H and O–H groups in total. The van der Waals surface area contributed by atoms with E-state index in [2.05, 4.69) is 0 Å². The zero-order valence-corrected chi connectivity index (χ0v) is 14.9. The molecule has 0 aliphatic carbocycles. The summed E-state index contributed by atoms with van der Waals surface area (Å²) in [5.74, 6) is -0.684. The highest BCUT2D eigenvalue weighted by Crippen LogP contribution is 2.41. The van der Waals surface area contributed by atoms with Crippen LogP contribution in [0.2, 0.25) is 0 Å². The molecule has 0 atom stereocenters. The van der Waals surface area contributed by atoms with Crippen LogP contribution in [-0.2, 0) is 26.2 Å². The first kappa shape index (κ1) is 17.1. The van der Waals surface area contributed by atoms with Gasteiger partial charge in [0.05, 0.1) is 22.2 Å². The quantitative estimate of drug-likeness (QED) is 0.652. The largest absolute Gasteiger partial charge is 0.459 e. The molecule has 0 spiro atoms. The first-order valence-corrected chi connectivity index (χ1v) is 9.64. The zero-order valence-electron chi connectivity index (χ0n) is 14.1. The second-order valence-corrected chi connectivity index (χ2v) is 7.90. The van der Waals surface area contributed by atoms with Crippen LogP contribution in [0, 0.1) is 11.3 Å². The lowest BCUT2D eigenvalue weighted by molar-refractivity contribution is -0.143. The van der Waals surface area contributed by atoms with Crippen LogP contribution < -0.4 is 4.31 Å². The molecule has 27 heavy (non-hydrogen) atoms. The first-order valence-electron chi connectivity index (χ1n) is 8.20. The van der Waals surface area contributed by atoms with Gasteiger partial charge in [-0.05, 0) is 23.6 Å². The van der Waals surface area contributed by atoms with Crippen molar-refractivity contribution in [2.24, 2.45) is 0 Å². The van der Waals surface area contributed by atoms with E-state index in [9.17, 15) is 13.2 Å². The monoisotopic (exact) mass is 378 g/mol. The molecule has 4 rings (SSSR count). The van der Waals surface area contributed by atoms with Gasteiger partial charge in [-0.25, -0.2) is 8.42 Å². The lowest BCUT2D eigenvalue weighted by Gasteiger charge is -2.18. The van der Waals surface area contributed by atoms with Gasteiger partial charge in [0, 0.05) is 10.9 Å². The smallest absolute Gasteiger partial charge is 0.327 e. The SMILES string of the molecule is N#Cc1ccccc1COC(=O)CN1c2cccc3cccc(c23)S1(=O)=O. The van der Waals surface area contributed by atoms with E-state index in [0.717, 1.165) is 9.69 Å². The Bertz CT molecular complexity index is 1210. The fourth-order valence-corrected chi connectivity index (χ4v) is 4.86. The summed E-state index contributed by atoms with van der Waals surface area (Å²) in [4.78, 5) is 12.5. The number of carbonyl (C=O) groups is 1. The number of ether oxygens (including phenoxy) is 1. The molecule has 7 heteroatoms. The van der Waals surface area contributed by atoms with Crippen LogP contribution in [0.5, 0.6) is 0 Å². The molecule has 3 aromatic rings. The third kappa shape index (κ3) is 2.80. The highest BCUT2D eigenvalue weighted by atomic mass is 32.2. The van der Waals surface area contributed by atoms with Gasteiger partial charge in [-0.1, -0.05) is 42.5 Å². The number of sulfonamides is 1. The fourth-order valence-electron chi connectivity index (χ4n) is 3.20. The van der Waals surface area contributed by atoms with Crippen LogP contribution in [0.25, 0.3) is 10.8 Å². The van der Waals surface area contributed by atoms with Crippen LogP contribution in [0.15, 0.2) is 65.6 Å². The summed E-state index contributed by atoms with van der Waals surface area (Å²) in [5, 5.41) is 10.5. The fraction of sp³-hybridized carbons (Fsp3) is 0.100. The number of esters is 1. The van der Waals surface area contributed by atoms with Crippen molar-refractivity contribution in [2.75, 3.05) is 10.8 Å². The van der Waals surface area contributed by atoms with Gasteiger partial charge < -0.3 is 4.74 Å². The van der Waals surface area contributed by atoms with Gasteiger partial charge in [0.2, 0.25) is 0 Å². The Morgan fingerprint density at radius 1 is 1.04 bits per heavy atom. The molecule has 1 aliphatic rings. The van der Waals surface area contributed by atoms with Gasteiger partial charge in [0.1, 0.15) is 13.2 Å². The van der Waals surface area contributed by atoms with Crippen molar-refractivity contribution in [3.8, 4) is 6.07 Å². The minimum absolute atomic E-state index is 0.0897. The number of nitrogens with zero attached hydrogens (tertiary/aromatic N) is 2. The maximum atomic E-state index is 12.9.